The van der Waals surface area contributed by atoms with Crippen LogP contribution in [-0.2, 0) is 21.4 Å². The lowest BCUT2D eigenvalue weighted by Gasteiger charge is -2.10. The number of carbonyl (C=O) groups excluding carboxylic acids is 2. The molecule has 0 radical (unpaired) electrons. The number of rotatable bonds is 9. The molecule has 3 N–H and O–H groups in total. The Kier molecular flexibility index (Phi) is 6.71. The zero-order valence-corrected chi connectivity index (χ0v) is 18.5. The van der Waals surface area contributed by atoms with Crippen LogP contribution in [0.5, 0.6) is 0 Å². The number of hydrogen-bond acceptors (Lipinski definition) is 5. The molecule has 0 spiro atoms. The Hall–Kier alpha value is -3.69. The van der Waals surface area contributed by atoms with E-state index in [0.717, 1.165) is 12.8 Å². The highest BCUT2D eigenvalue weighted by molar-refractivity contribution is 7.89. The van der Waals surface area contributed by atoms with E-state index in [0.29, 0.717) is 22.6 Å². The van der Waals surface area contributed by atoms with Gasteiger partial charge in [0.25, 0.3) is 5.91 Å². The predicted octanol–water partition coefficient (Wildman–Crippen LogP) is 3.30. The summed E-state index contributed by atoms with van der Waals surface area (Å²) < 4.78 is 32.4. The Labute approximate surface area is 191 Å². The van der Waals surface area contributed by atoms with Gasteiger partial charge in [-0.05, 0) is 60.9 Å². The van der Waals surface area contributed by atoms with Gasteiger partial charge in [-0.1, -0.05) is 24.3 Å². The Morgan fingerprint density at radius 2 is 1.76 bits per heavy atom. The molecule has 1 saturated carbocycles. The van der Waals surface area contributed by atoms with Crippen LogP contribution in [0.4, 0.5) is 5.69 Å². The van der Waals surface area contributed by atoms with Crippen molar-refractivity contribution < 1.29 is 22.4 Å². The Morgan fingerprint density at radius 1 is 1.00 bits per heavy atom. The summed E-state index contributed by atoms with van der Waals surface area (Å²) in [6.45, 7) is 0.0529. The summed E-state index contributed by atoms with van der Waals surface area (Å²) in [5.41, 5.74) is 1.48. The molecule has 33 heavy (non-hydrogen) atoms. The van der Waals surface area contributed by atoms with Crippen molar-refractivity contribution in [3.8, 4) is 0 Å². The first-order valence-electron chi connectivity index (χ1n) is 10.4. The molecule has 1 aliphatic rings. The largest absolute Gasteiger partial charge is 0.468 e. The van der Waals surface area contributed by atoms with Gasteiger partial charge in [0.05, 0.1) is 29.0 Å². The van der Waals surface area contributed by atoms with Crippen molar-refractivity contribution in [2.75, 3.05) is 5.32 Å². The molecular formula is C24H23N3O5S. The van der Waals surface area contributed by atoms with E-state index < -0.39 is 15.9 Å². The standard InChI is InChI=1S/C24H23N3O5S/c28-23(27-22-6-2-1-5-21(22)24(29)26-18-10-11-18)14-9-17-7-12-20(13-8-17)33(30,31)25-16-19-4-3-15-32-19/h1-9,12-15,18,25H,10-11,16H2,(H,26,29)(H,27,28)/b14-9+. The Balaban J connectivity index is 1.36. The molecule has 170 valence electrons. The fourth-order valence-corrected chi connectivity index (χ4v) is 4.04. The highest BCUT2D eigenvalue weighted by Gasteiger charge is 2.24. The maximum Gasteiger partial charge on any atom is 0.253 e. The number of anilines is 1. The van der Waals surface area contributed by atoms with E-state index in [1.54, 1.807) is 54.6 Å². The number of benzene rings is 2. The van der Waals surface area contributed by atoms with Gasteiger partial charge in [0, 0.05) is 12.1 Å². The molecule has 3 aromatic rings. The molecule has 4 rings (SSSR count). The maximum absolute atomic E-state index is 12.4. The third-order valence-corrected chi connectivity index (χ3v) is 6.39. The van der Waals surface area contributed by atoms with Crippen molar-refractivity contribution in [3.05, 3.63) is 89.9 Å². The number of furan rings is 1. The smallest absolute Gasteiger partial charge is 0.253 e. The summed E-state index contributed by atoms with van der Waals surface area (Å²) >= 11 is 0. The van der Waals surface area contributed by atoms with E-state index in [1.165, 1.54) is 24.5 Å². The van der Waals surface area contributed by atoms with Gasteiger partial charge >= 0.3 is 0 Å². The van der Waals surface area contributed by atoms with Crippen LogP contribution in [-0.4, -0.2) is 26.3 Å². The fourth-order valence-electron chi connectivity index (χ4n) is 3.05. The summed E-state index contributed by atoms with van der Waals surface area (Å²) in [5, 5.41) is 5.63. The Bertz CT molecular complexity index is 1260. The van der Waals surface area contributed by atoms with Crippen molar-refractivity contribution in [1.29, 1.82) is 0 Å². The topological polar surface area (TPSA) is 118 Å². The van der Waals surface area contributed by atoms with Crippen LogP contribution >= 0.6 is 0 Å². The van der Waals surface area contributed by atoms with E-state index in [-0.39, 0.29) is 23.4 Å². The van der Waals surface area contributed by atoms with Gasteiger partial charge in [0.2, 0.25) is 15.9 Å². The van der Waals surface area contributed by atoms with Gasteiger partial charge in [0.15, 0.2) is 0 Å². The first-order chi connectivity index (χ1) is 15.9. The minimum absolute atomic E-state index is 0.0529. The number of amides is 2. The van der Waals surface area contributed by atoms with Crippen LogP contribution in [0.15, 0.2) is 82.3 Å². The van der Waals surface area contributed by atoms with Crippen molar-refractivity contribution in [2.24, 2.45) is 0 Å². The summed E-state index contributed by atoms with van der Waals surface area (Å²) in [6.07, 6.45) is 6.32. The zero-order chi connectivity index (χ0) is 23.3. The van der Waals surface area contributed by atoms with E-state index in [9.17, 15) is 18.0 Å². The number of sulfonamides is 1. The van der Waals surface area contributed by atoms with Gasteiger partial charge in [0.1, 0.15) is 5.76 Å². The van der Waals surface area contributed by atoms with E-state index in [1.807, 2.05) is 0 Å². The maximum atomic E-state index is 12.4. The molecule has 1 fully saturated rings. The number of para-hydroxylation sites is 1. The fraction of sp³-hybridized carbons (Fsp3) is 0.167. The first-order valence-corrected chi connectivity index (χ1v) is 11.9. The van der Waals surface area contributed by atoms with Crippen molar-refractivity contribution >= 4 is 33.6 Å². The van der Waals surface area contributed by atoms with Crippen LogP contribution < -0.4 is 15.4 Å². The van der Waals surface area contributed by atoms with E-state index in [2.05, 4.69) is 15.4 Å². The molecule has 9 heteroatoms. The van der Waals surface area contributed by atoms with Crippen molar-refractivity contribution in [2.45, 2.75) is 30.3 Å². The summed E-state index contributed by atoms with van der Waals surface area (Å²) in [5.74, 6) is -0.107. The van der Waals surface area contributed by atoms with Crippen LogP contribution in [0.1, 0.15) is 34.5 Å². The molecule has 0 aliphatic heterocycles. The highest BCUT2D eigenvalue weighted by atomic mass is 32.2. The molecule has 0 saturated heterocycles. The van der Waals surface area contributed by atoms with Crippen molar-refractivity contribution in [3.63, 3.8) is 0 Å². The molecule has 2 amide bonds. The van der Waals surface area contributed by atoms with Gasteiger partial charge in [-0.15, -0.1) is 0 Å². The van der Waals surface area contributed by atoms with E-state index >= 15 is 0 Å². The monoisotopic (exact) mass is 465 g/mol. The van der Waals surface area contributed by atoms with Gasteiger partial charge in [-0.2, -0.15) is 0 Å². The minimum atomic E-state index is -3.69. The molecule has 0 atom stereocenters. The molecule has 0 unspecified atom stereocenters. The number of hydrogen-bond donors (Lipinski definition) is 3. The lowest BCUT2D eigenvalue weighted by Crippen LogP contribution is -2.26. The first kappa shape index (κ1) is 22.5. The normalized spacial score (nSPS) is 13.7. The molecular weight excluding hydrogens is 442 g/mol. The quantitative estimate of drug-likeness (QED) is 0.419. The molecule has 8 nitrogen and oxygen atoms in total. The average molecular weight is 466 g/mol. The second kappa shape index (κ2) is 9.85. The molecule has 2 aromatic carbocycles. The summed E-state index contributed by atoms with van der Waals surface area (Å²) in [7, 11) is -3.69. The summed E-state index contributed by atoms with van der Waals surface area (Å²) in [4.78, 5) is 24.8. The second-order valence-electron chi connectivity index (χ2n) is 7.59. The Morgan fingerprint density at radius 3 is 2.45 bits per heavy atom. The third-order valence-electron chi connectivity index (χ3n) is 4.98. The highest BCUT2D eigenvalue weighted by Crippen LogP contribution is 2.21. The average Bonchev–Trinajstić information content (AvgIpc) is 3.46. The molecule has 1 heterocycles. The zero-order valence-electron chi connectivity index (χ0n) is 17.7. The second-order valence-corrected chi connectivity index (χ2v) is 9.36. The lowest BCUT2D eigenvalue weighted by atomic mass is 10.1. The summed E-state index contributed by atoms with van der Waals surface area (Å²) in [6, 6.07) is 16.5. The number of carbonyl (C=O) groups is 2. The van der Waals surface area contributed by atoms with Crippen LogP contribution in [0.25, 0.3) is 6.08 Å². The van der Waals surface area contributed by atoms with Gasteiger partial charge < -0.3 is 15.1 Å². The van der Waals surface area contributed by atoms with Crippen molar-refractivity contribution in [1.82, 2.24) is 10.0 Å². The van der Waals surface area contributed by atoms with E-state index in [4.69, 9.17) is 4.42 Å². The SMILES string of the molecule is O=C(/C=C/c1ccc(S(=O)(=O)NCc2ccco2)cc1)Nc1ccccc1C(=O)NC1CC1. The molecule has 1 aliphatic carbocycles. The van der Waals surface area contributed by atoms with Crippen LogP contribution in [0.3, 0.4) is 0 Å². The van der Waals surface area contributed by atoms with Crippen LogP contribution in [0, 0.1) is 0 Å². The molecule has 1 aromatic heterocycles. The van der Waals surface area contributed by atoms with Gasteiger partial charge in [-0.25, -0.2) is 13.1 Å². The third kappa shape index (κ3) is 6.18. The van der Waals surface area contributed by atoms with Crippen LogP contribution in [0.2, 0.25) is 0 Å². The predicted molar refractivity (Wildman–Crippen MR) is 124 cm³/mol. The minimum Gasteiger partial charge on any atom is -0.468 e. The van der Waals surface area contributed by atoms with Gasteiger partial charge in [-0.3, -0.25) is 9.59 Å². The number of nitrogens with one attached hydrogen (secondary N) is 3. The lowest BCUT2D eigenvalue weighted by molar-refractivity contribution is -0.111. The molecule has 0 bridgehead atoms.